The molecule has 0 heterocycles. The van der Waals surface area contributed by atoms with Crippen LogP contribution in [0.2, 0.25) is 0 Å². The molecule has 0 aromatic carbocycles. The largest absolute Gasteiger partial charge is 0.402 e. The van der Waals surface area contributed by atoms with Crippen LogP contribution in [0.1, 0.15) is 6.92 Å². The van der Waals surface area contributed by atoms with Crippen LogP contribution in [0.5, 0.6) is 0 Å². The predicted molar refractivity (Wildman–Crippen MR) is 40.2 cm³/mol. The van der Waals surface area contributed by atoms with Crippen LogP contribution in [0.25, 0.3) is 0 Å². The molecule has 0 aliphatic carbocycles. The van der Waals surface area contributed by atoms with E-state index in [2.05, 4.69) is 4.99 Å². The van der Waals surface area contributed by atoms with Crippen LogP contribution >= 0.6 is 0 Å². The first-order valence-corrected chi connectivity index (χ1v) is 2.79. The molecule has 4 N–H and O–H groups in total. The molecule has 11 heavy (non-hydrogen) atoms. The smallest absolute Gasteiger partial charge is 0.262 e. The summed E-state index contributed by atoms with van der Waals surface area (Å²) < 4.78 is 0. The van der Waals surface area contributed by atoms with Crippen molar-refractivity contribution in [1.29, 1.82) is 5.26 Å². The molecule has 0 spiro atoms. The Labute approximate surface area is 64.0 Å². The zero-order valence-electron chi connectivity index (χ0n) is 6.03. The number of hydrogen-bond donors (Lipinski definition) is 2. The summed E-state index contributed by atoms with van der Waals surface area (Å²) in [5, 5.41) is 8.30. The normalized spacial score (nSPS) is 12.4. The molecule has 0 saturated heterocycles. The Kier molecular flexibility index (Phi) is 3.39. The average Bonchev–Trinajstić information content (AvgIpc) is 1.99. The number of aliphatic imine (C=N–C) groups is 1. The highest BCUT2D eigenvalue weighted by atomic mass is 16.1. The molecule has 0 unspecified atom stereocenters. The standard InChI is InChI=1S/C6H8N4O/c1-4(6(9)11)10-5(2-7)3-8/h2H,7H2,1H3,(H2,9,11)/b5-2-,10-4?. The second-order valence-corrected chi connectivity index (χ2v) is 1.73. The van der Waals surface area contributed by atoms with Crippen LogP contribution in [0.4, 0.5) is 0 Å². The van der Waals surface area contributed by atoms with E-state index in [9.17, 15) is 4.79 Å². The molecule has 5 nitrogen and oxygen atoms in total. The van der Waals surface area contributed by atoms with Gasteiger partial charge in [-0.3, -0.25) is 4.79 Å². The van der Waals surface area contributed by atoms with Crippen LogP contribution in [-0.2, 0) is 4.79 Å². The SMILES string of the molecule is CC(=N/C(C#N)=C\N)C(N)=O. The minimum absolute atomic E-state index is 0.0266. The van der Waals surface area contributed by atoms with Crippen LogP contribution in [0, 0.1) is 11.3 Å². The number of carbonyl (C=O) groups excluding carboxylic acids is 1. The zero-order valence-corrected chi connectivity index (χ0v) is 6.03. The van der Waals surface area contributed by atoms with E-state index >= 15 is 0 Å². The summed E-state index contributed by atoms with van der Waals surface area (Å²) in [4.78, 5) is 13.9. The van der Waals surface area contributed by atoms with Gasteiger partial charge in [0.15, 0.2) is 5.70 Å². The van der Waals surface area contributed by atoms with Gasteiger partial charge in [0.25, 0.3) is 5.91 Å². The van der Waals surface area contributed by atoms with Gasteiger partial charge in [0.1, 0.15) is 11.8 Å². The number of amides is 1. The lowest BCUT2D eigenvalue weighted by Gasteiger charge is -1.90. The number of primary amides is 1. The van der Waals surface area contributed by atoms with E-state index in [1.165, 1.54) is 6.92 Å². The quantitative estimate of drug-likeness (QED) is 0.402. The Hall–Kier alpha value is -1.83. The van der Waals surface area contributed by atoms with Crippen molar-refractivity contribution in [1.82, 2.24) is 0 Å². The first-order chi connectivity index (χ1) is 5.11. The Morgan fingerprint density at radius 3 is 2.55 bits per heavy atom. The van der Waals surface area contributed by atoms with E-state index in [1.54, 1.807) is 6.07 Å². The summed E-state index contributed by atoms with van der Waals surface area (Å²) in [6, 6.07) is 1.68. The van der Waals surface area contributed by atoms with E-state index in [-0.39, 0.29) is 11.4 Å². The molecule has 0 bridgehead atoms. The molecule has 0 atom stereocenters. The van der Waals surface area contributed by atoms with Gasteiger partial charge < -0.3 is 11.5 Å². The Balaban J connectivity index is 4.58. The van der Waals surface area contributed by atoms with Gasteiger partial charge in [-0.05, 0) is 6.92 Å². The summed E-state index contributed by atoms with van der Waals surface area (Å²) in [6.07, 6.45) is 1.01. The summed E-state index contributed by atoms with van der Waals surface area (Å²) in [7, 11) is 0. The number of nitrogens with two attached hydrogens (primary N) is 2. The minimum Gasteiger partial charge on any atom is -0.402 e. The first-order valence-electron chi connectivity index (χ1n) is 2.79. The van der Waals surface area contributed by atoms with Crippen molar-refractivity contribution in [3.05, 3.63) is 11.9 Å². The molecule has 0 rings (SSSR count). The van der Waals surface area contributed by atoms with E-state index < -0.39 is 5.91 Å². The van der Waals surface area contributed by atoms with Gasteiger partial charge in [-0.2, -0.15) is 5.26 Å². The molecule has 0 aromatic rings. The summed E-state index contributed by atoms with van der Waals surface area (Å²) in [5.41, 5.74) is 9.87. The summed E-state index contributed by atoms with van der Waals surface area (Å²) >= 11 is 0. The molecule has 1 amide bonds. The summed E-state index contributed by atoms with van der Waals surface area (Å²) in [6.45, 7) is 1.41. The van der Waals surface area contributed by atoms with E-state index in [0.29, 0.717) is 0 Å². The molecule has 0 fully saturated rings. The number of carbonyl (C=O) groups is 1. The lowest BCUT2D eigenvalue weighted by molar-refractivity contribution is -0.112. The number of rotatable bonds is 2. The fourth-order valence-electron chi connectivity index (χ4n) is 0.335. The zero-order chi connectivity index (χ0) is 8.85. The monoisotopic (exact) mass is 152 g/mol. The van der Waals surface area contributed by atoms with Crippen LogP contribution < -0.4 is 11.5 Å². The second kappa shape index (κ2) is 4.06. The molecule has 0 aliphatic rings. The lowest BCUT2D eigenvalue weighted by atomic mass is 10.4. The van der Waals surface area contributed by atoms with Crippen molar-refractivity contribution < 1.29 is 4.79 Å². The van der Waals surface area contributed by atoms with Gasteiger partial charge in [0, 0.05) is 6.20 Å². The van der Waals surface area contributed by atoms with Crippen molar-refractivity contribution in [2.24, 2.45) is 16.5 Å². The number of nitrogens with zero attached hydrogens (tertiary/aromatic N) is 2. The van der Waals surface area contributed by atoms with Crippen molar-refractivity contribution in [2.45, 2.75) is 6.92 Å². The van der Waals surface area contributed by atoms with E-state index in [1.807, 2.05) is 0 Å². The third-order valence-corrected chi connectivity index (χ3v) is 0.917. The van der Waals surface area contributed by atoms with Gasteiger partial charge in [-0.1, -0.05) is 0 Å². The molecule has 5 heteroatoms. The van der Waals surface area contributed by atoms with Crippen molar-refractivity contribution >= 4 is 11.6 Å². The molecule has 0 aromatic heterocycles. The number of nitriles is 1. The highest BCUT2D eigenvalue weighted by molar-refractivity contribution is 6.37. The third kappa shape index (κ3) is 3.01. The van der Waals surface area contributed by atoms with E-state index in [4.69, 9.17) is 16.7 Å². The maximum absolute atomic E-state index is 10.4. The highest BCUT2D eigenvalue weighted by Gasteiger charge is 1.99. The molecule has 0 saturated carbocycles. The average molecular weight is 152 g/mol. The topological polar surface area (TPSA) is 105 Å². The molecular formula is C6H8N4O. The Bertz CT molecular complexity index is 258. The molecule has 58 valence electrons. The van der Waals surface area contributed by atoms with E-state index in [0.717, 1.165) is 6.20 Å². The van der Waals surface area contributed by atoms with Crippen LogP contribution in [0.3, 0.4) is 0 Å². The predicted octanol–water partition coefficient (Wildman–Crippen LogP) is -0.744. The van der Waals surface area contributed by atoms with Crippen molar-refractivity contribution in [2.75, 3.05) is 0 Å². The Morgan fingerprint density at radius 1 is 1.73 bits per heavy atom. The van der Waals surface area contributed by atoms with Crippen LogP contribution in [0.15, 0.2) is 16.9 Å². The third-order valence-electron chi connectivity index (χ3n) is 0.917. The molecule has 0 radical (unpaired) electrons. The first kappa shape index (κ1) is 9.17. The molecular weight excluding hydrogens is 144 g/mol. The second-order valence-electron chi connectivity index (χ2n) is 1.73. The lowest BCUT2D eigenvalue weighted by Crippen LogP contribution is -2.20. The maximum atomic E-state index is 10.4. The van der Waals surface area contributed by atoms with Gasteiger partial charge in [0.05, 0.1) is 0 Å². The highest BCUT2D eigenvalue weighted by Crippen LogP contribution is 1.91. The fourth-order valence-corrected chi connectivity index (χ4v) is 0.335. The maximum Gasteiger partial charge on any atom is 0.262 e. The summed E-state index contributed by atoms with van der Waals surface area (Å²) in [5.74, 6) is -0.667. The van der Waals surface area contributed by atoms with Gasteiger partial charge in [-0.25, -0.2) is 4.99 Å². The molecule has 0 aliphatic heterocycles. The van der Waals surface area contributed by atoms with Crippen LogP contribution in [-0.4, -0.2) is 11.6 Å². The fraction of sp³-hybridized carbons (Fsp3) is 0.167. The number of hydrogen-bond acceptors (Lipinski definition) is 4. The van der Waals surface area contributed by atoms with Gasteiger partial charge >= 0.3 is 0 Å². The van der Waals surface area contributed by atoms with Crippen molar-refractivity contribution in [3.8, 4) is 6.07 Å². The van der Waals surface area contributed by atoms with Gasteiger partial charge in [-0.15, -0.1) is 0 Å². The van der Waals surface area contributed by atoms with Crippen molar-refractivity contribution in [3.63, 3.8) is 0 Å². The van der Waals surface area contributed by atoms with Gasteiger partial charge in [0.2, 0.25) is 0 Å². The minimum atomic E-state index is -0.667. The number of allylic oxidation sites excluding steroid dienone is 1. The Morgan fingerprint density at radius 2 is 2.27 bits per heavy atom.